The Morgan fingerprint density at radius 2 is 2.25 bits per heavy atom. The zero-order valence-corrected chi connectivity index (χ0v) is 10.9. The quantitative estimate of drug-likeness (QED) is 0.827. The summed E-state index contributed by atoms with van der Waals surface area (Å²) in [5.41, 5.74) is -0.0552. The predicted molar refractivity (Wildman–Crippen MR) is 64.2 cm³/mol. The molecule has 2 atom stereocenters. The highest BCUT2D eigenvalue weighted by atomic mass is 35.5. The van der Waals surface area contributed by atoms with Gasteiger partial charge in [0, 0.05) is 24.9 Å². The van der Waals surface area contributed by atoms with Crippen LogP contribution in [0.3, 0.4) is 0 Å². The van der Waals surface area contributed by atoms with Crippen LogP contribution in [0.4, 0.5) is 9.93 Å². The van der Waals surface area contributed by atoms with Crippen molar-refractivity contribution in [1.82, 2.24) is 15.1 Å². The topological polar surface area (TPSA) is 58.1 Å². The van der Waals surface area contributed by atoms with Crippen LogP contribution in [-0.2, 0) is 5.41 Å². The summed E-state index contributed by atoms with van der Waals surface area (Å²) in [7, 11) is 3.35. The van der Waals surface area contributed by atoms with E-state index in [0.717, 1.165) is 11.4 Å². The van der Waals surface area contributed by atoms with Gasteiger partial charge in [-0.15, -0.1) is 21.8 Å². The van der Waals surface area contributed by atoms with Crippen molar-refractivity contribution in [1.29, 1.82) is 0 Å². The van der Waals surface area contributed by atoms with Crippen molar-refractivity contribution < 1.29 is 4.79 Å². The molecule has 1 aliphatic rings. The smallest absolute Gasteiger partial charge is 0.323 e. The molecule has 5 nitrogen and oxygen atoms in total. The lowest BCUT2D eigenvalue weighted by Crippen LogP contribution is -2.27. The van der Waals surface area contributed by atoms with E-state index in [2.05, 4.69) is 22.4 Å². The molecule has 1 fully saturated rings. The van der Waals surface area contributed by atoms with E-state index in [-0.39, 0.29) is 16.8 Å². The largest absolute Gasteiger partial charge is 0.331 e. The van der Waals surface area contributed by atoms with Crippen molar-refractivity contribution in [2.75, 3.05) is 19.4 Å². The van der Waals surface area contributed by atoms with Gasteiger partial charge in [-0.2, -0.15) is 0 Å². The van der Waals surface area contributed by atoms with Crippen LogP contribution < -0.4 is 5.32 Å². The Labute approximate surface area is 103 Å². The van der Waals surface area contributed by atoms with Crippen LogP contribution in [0.1, 0.15) is 18.4 Å². The fraction of sp³-hybridized carbons (Fsp3) is 0.667. The average molecular weight is 261 g/mol. The van der Waals surface area contributed by atoms with E-state index in [9.17, 15) is 4.79 Å². The molecule has 7 heteroatoms. The molecule has 2 rings (SSSR count). The first kappa shape index (κ1) is 11.6. The number of carbonyl (C=O) groups is 1. The van der Waals surface area contributed by atoms with Crippen molar-refractivity contribution in [3.05, 3.63) is 5.01 Å². The molecular formula is C9H13ClN4OS. The molecule has 1 aliphatic carbocycles. The van der Waals surface area contributed by atoms with Crippen molar-refractivity contribution in [3.63, 3.8) is 0 Å². The van der Waals surface area contributed by atoms with Crippen LogP contribution in [0, 0.1) is 0 Å². The predicted octanol–water partition coefficient (Wildman–Crippen LogP) is 1.90. The van der Waals surface area contributed by atoms with Gasteiger partial charge in [0.15, 0.2) is 0 Å². The minimum absolute atomic E-state index is 0.0552. The average Bonchev–Trinajstić information content (AvgIpc) is 2.66. The number of hydrogen-bond donors (Lipinski definition) is 1. The zero-order chi connectivity index (χ0) is 11.9. The highest BCUT2D eigenvalue weighted by Gasteiger charge is 2.53. The van der Waals surface area contributed by atoms with Crippen LogP contribution in [0.25, 0.3) is 0 Å². The van der Waals surface area contributed by atoms with Crippen LogP contribution in [0.2, 0.25) is 0 Å². The molecule has 1 saturated carbocycles. The van der Waals surface area contributed by atoms with Gasteiger partial charge in [0.05, 0.1) is 0 Å². The molecule has 16 heavy (non-hydrogen) atoms. The third-order valence-electron chi connectivity index (χ3n) is 2.67. The third kappa shape index (κ3) is 1.99. The Kier molecular flexibility index (Phi) is 2.79. The van der Waals surface area contributed by atoms with E-state index in [4.69, 9.17) is 11.6 Å². The normalized spacial score (nSPS) is 27.6. The van der Waals surface area contributed by atoms with Gasteiger partial charge in [0.25, 0.3) is 0 Å². The highest BCUT2D eigenvalue weighted by Crippen LogP contribution is 2.52. The SMILES string of the molecule is CN(C)C(=O)Nc1nnc(C2(C)CC2Cl)s1. The standard InChI is InChI=1S/C9H13ClN4OS/c1-9(4-5(9)10)6-12-13-7(16-6)11-8(15)14(2)3/h5H,4H2,1-3H3,(H,11,13,15). The summed E-state index contributed by atoms with van der Waals surface area (Å²) in [6.45, 7) is 2.06. The molecule has 2 unspecified atom stereocenters. The molecule has 0 saturated heterocycles. The molecule has 0 aromatic carbocycles. The maximum atomic E-state index is 11.4. The molecule has 1 heterocycles. The van der Waals surface area contributed by atoms with E-state index in [0.29, 0.717) is 5.13 Å². The van der Waals surface area contributed by atoms with Crippen LogP contribution in [0.5, 0.6) is 0 Å². The van der Waals surface area contributed by atoms with Crippen molar-refractivity contribution in [2.24, 2.45) is 0 Å². The number of hydrogen-bond acceptors (Lipinski definition) is 4. The molecule has 0 radical (unpaired) electrons. The lowest BCUT2D eigenvalue weighted by molar-refractivity contribution is 0.230. The summed E-state index contributed by atoms with van der Waals surface area (Å²) in [5, 5.41) is 12.2. The molecule has 1 N–H and O–H groups in total. The van der Waals surface area contributed by atoms with Gasteiger partial charge in [0.1, 0.15) is 5.01 Å². The second-order valence-electron chi connectivity index (χ2n) is 4.33. The van der Waals surface area contributed by atoms with Gasteiger partial charge < -0.3 is 4.90 Å². The van der Waals surface area contributed by atoms with E-state index < -0.39 is 0 Å². The Bertz CT molecular complexity index is 421. The molecule has 2 amide bonds. The van der Waals surface area contributed by atoms with Crippen LogP contribution in [0.15, 0.2) is 0 Å². The number of aromatic nitrogens is 2. The number of rotatable bonds is 2. The maximum absolute atomic E-state index is 11.4. The number of amides is 2. The Hall–Kier alpha value is -0.880. The second-order valence-corrected chi connectivity index (χ2v) is 5.83. The number of anilines is 1. The summed E-state index contributed by atoms with van der Waals surface area (Å²) in [6, 6.07) is -0.203. The van der Waals surface area contributed by atoms with Crippen molar-refractivity contribution in [2.45, 2.75) is 24.1 Å². The summed E-state index contributed by atoms with van der Waals surface area (Å²) >= 11 is 7.42. The van der Waals surface area contributed by atoms with Crippen LogP contribution >= 0.6 is 22.9 Å². The fourth-order valence-corrected chi connectivity index (χ4v) is 2.67. The minimum Gasteiger partial charge on any atom is -0.331 e. The van der Waals surface area contributed by atoms with Gasteiger partial charge in [-0.25, -0.2) is 4.79 Å². The lowest BCUT2D eigenvalue weighted by atomic mass is 10.2. The van der Waals surface area contributed by atoms with Gasteiger partial charge in [-0.3, -0.25) is 5.32 Å². The second kappa shape index (κ2) is 3.85. The maximum Gasteiger partial charge on any atom is 0.323 e. The molecule has 0 bridgehead atoms. The van der Waals surface area contributed by atoms with E-state index in [1.807, 2.05) is 0 Å². The Morgan fingerprint density at radius 3 is 2.75 bits per heavy atom. The number of nitrogens with zero attached hydrogens (tertiary/aromatic N) is 3. The van der Waals surface area contributed by atoms with Gasteiger partial charge in [-0.05, 0) is 6.42 Å². The number of alkyl halides is 1. The lowest BCUT2D eigenvalue weighted by Gasteiger charge is -2.08. The zero-order valence-electron chi connectivity index (χ0n) is 9.32. The third-order valence-corrected chi connectivity index (χ3v) is 4.42. The van der Waals surface area contributed by atoms with Gasteiger partial charge in [0.2, 0.25) is 5.13 Å². The Morgan fingerprint density at radius 1 is 1.62 bits per heavy atom. The minimum atomic E-state index is -0.203. The summed E-state index contributed by atoms with van der Waals surface area (Å²) in [4.78, 5) is 12.8. The first-order chi connectivity index (χ1) is 7.43. The summed E-state index contributed by atoms with van der Waals surface area (Å²) in [5.74, 6) is 0. The van der Waals surface area contributed by atoms with Crippen molar-refractivity contribution >= 4 is 34.1 Å². The molecule has 1 aromatic rings. The first-order valence-corrected chi connectivity index (χ1v) is 6.15. The van der Waals surface area contributed by atoms with E-state index in [1.165, 1.54) is 16.2 Å². The highest BCUT2D eigenvalue weighted by molar-refractivity contribution is 7.15. The number of halogens is 1. The summed E-state index contributed by atoms with van der Waals surface area (Å²) in [6.07, 6.45) is 0.921. The number of urea groups is 1. The first-order valence-electron chi connectivity index (χ1n) is 4.90. The van der Waals surface area contributed by atoms with Gasteiger partial charge in [-0.1, -0.05) is 18.3 Å². The fourth-order valence-electron chi connectivity index (χ4n) is 1.24. The number of nitrogens with one attached hydrogen (secondary N) is 1. The molecule has 0 aliphatic heterocycles. The monoisotopic (exact) mass is 260 g/mol. The molecule has 1 aromatic heterocycles. The molecular weight excluding hydrogens is 248 g/mol. The number of carbonyl (C=O) groups excluding carboxylic acids is 1. The molecule has 88 valence electrons. The molecule has 0 spiro atoms. The summed E-state index contributed by atoms with van der Waals surface area (Å²) < 4.78 is 0. The van der Waals surface area contributed by atoms with E-state index >= 15 is 0 Å². The van der Waals surface area contributed by atoms with Gasteiger partial charge >= 0.3 is 6.03 Å². The Balaban J connectivity index is 2.06. The van der Waals surface area contributed by atoms with Crippen LogP contribution in [-0.4, -0.2) is 40.6 Å². The van der Waals surface area contributed by atoms with Crippen molar-refractivity contribution in [3.8, 4) is 0 Å². The van der Waals surface area contributed by atoms with E-state index in [1.54, 1.807) is 14.1 Å².